The summed E-state index contributed by atoms with van der Waals surface area (Å²) in [5, 5.41) is 5.86. The van der Waals surface area contributed by atoms with Gasteiger partial charge in [0, 0.05) is 5.69 Å². The Balaban J connectivity index is 1.45. The maximum atomic E-state index is 12.9. The van der Waals surface area contributed by atoms with Gasteiger partial charge >= 0.3 is 0 Å². The highest BCUT2D eigenvalue weighted by Gasteiger charge is 2.51. The third-order valence-electron chi connectivity index (χ3n) is 5.44. The molecular formula is C21H22N2O4. The summed E-state index contributed by atoms with van der Waals surface area (Å²) in [5.41, 5.74) is 0.697. The fraction of sp³-hybridized carbons (Fsp3) is 0.333. The number of rotatable bonds is 6. The van der Waals surface area contributed by atoms with E-state index in [-0.39, 0.29) is 35.5 Å². The van der Waals surface area contributed by atoms with Gasteiger partial charge in [0.05, 0.1) is 31.8 Å². The lowest BCUT2D eigenvalue weighted by atomic mass is 9.81. The summed E-state index contributed by atoms with van der Waals surface area (Å²) in [5.74, 6) is 0.707. The van der Waals surface area contributed by atoms with Gasteiger partial charge in [-0.1, -0.05) is 12.2 Å². The third-order valence-corrected chi connectivity index (χ3v) is 5.44. The number of anilines is 1. The Morgan fingerprint density at radius 2 is 1.78 bits per heavy atom. The van der Waals surface area contributed by atoms with Crippen LogP contribution in [0.15, 0.2) is 59.2 Å². The number of furan rings is 1. The van der Waals surface area contributed by atoms with Gasteiger partial charge in [-0.2, -0.15) is 0 Å². The van der Waals surface area contributed by atoms with Gasteiger partial charge in [0.15, 0.2) is 0 Å². The molecule has 4 atom stereocenters. The topological polar surface area (TPSA) is 80.6 Å². The molecule has 0 unspecified atom stereocenters. The van der Waals surface area contributed by atoms with E-state index in [1.54, 1.807) is 43.7 Å². The molecule has 27 heavy (non-hydrogen) atoms. The minimum Gasteiger partial charge on any atom is -0.497 e. The van der Waals surface area contributed by atoms with E-state index in [0.717, 1.165) is 12.2 Å². The first-order valence-electron chi connectivity index (χ1n) is 9.09. The first-order chi connectivity index (χ1) is 13.2. The number of amides is 2. The number of benzene rings is 1. The van der Waals surface area contributed by atoms with Crippen molar-refractivity contribution in [3.63, 3.8) is 0 Å². The van der Waals surface area contributed by atoms with Crippen molar-refractivity contribution in [3.05, 3.63) is 60.6 Å². The molecule has 2 aliphatic carbocycles. The smallest absolute Gasteiger partial charge is 0.228 e. The minimum absolute atomic E-state index is 0.0990. The van der Waals surface area contributed by atoms with Crippen LogP contribution >= 0.6 is 0 Å². The molecule has 6 nitrogen and oxygen atoms in total. The van der Waals surface area contributed by atoms with Crippen molar-refractivity contribution in [2.45, 2.75) is 13.0 Å². The lowest BCUT2D eigenvalue weighted by Crippen LogP contribution is -2.41. The Labute approximate surface area is 157 Å². The van der Waals surface area contributed by atoms with Gasteiger partial charge in [0.1, 0.15) is 11.5 Å². The highest BCUT2D eigenvalue weighted by Crippen LogP contribution is 2.48. The number of carbonyl (C=O) groups is 2. The van der Waals surface area contributed by atoms with Crippen molar-refractivity contribution in [1.82, 2.24) is 5.32 Å². The minimum atomic E-state index is -0.362. The molecule has 6 heteroatoms. The average molecular weight is 366 g/mol. The molecular weight excluding hydrogens is 344 g/mol. The van der Waals surface area contributed by atoms with Crippen molar-refractivity contribution in [2.24, 2.45) is 23.7 Å². The molecule has 0 saturated heterocycles. The molecule has 0 spiro atoms. The van der Waals surface area contributed by atoms with Gasteiger partial charge in [-0.25, -0.2) is 0 Å². The first kappa shape index (κ1) is 17.4. The van der Waals surface area contributed by atoms with Crippen LogP contribution in [0.5, 0.6) is 5.75 Å². The van der Waals surface area contributed by atoms with Gasteiger partial charge in [-0.3, -0.25) is 9.59 Å². The summed E-state index contributed by atoms with van der Waals surface area (Å²) in [6, 6.07) is 10.8. The van der Waals surface area contributed by atoms with E-state index in [2.05, 4.69) is 22.8 Å². The molecule has 2 aliphatic rings. The molecule has 1 fully saturated rings. The number of hydrogen-bond donors (Lipinski definition) is 2. The van der Waals surface area contributed by atoms with Gasteiger partial charge in [-0.05, 0) is 54.7 Å². The second-order valence-electron chi connectivity index (χ2n) is 7.01. The number of hydrogen-bond acceptors (Lipinski definition) is 4. The highest BCUT2D eigenvalue weighted by molar-refractivity contribution is 5.97. The molecule has 1 saturated carbocycles. The van der Waals surface area contributed by atoms with Crippen molar-refractivity contribution >= 4 is 17.5 Å². The van der Waals surface area contributed by atoms with E-state index in [4.69, 9.17) is 9.15 Å². The van der Waals surface area contributed by atoms with Crippen LogP contribution in [0.2, 0.25) is 0 Å². The van der Waals surface area contributed by atoms with Crippen molar-refractivity contribution in [1.29, 1.82) is 0 Å². The summed E-state index contributed by atoms with van der Waals surface area (Å²) >= 11 is 0. The van der Waals surface area contributed by atoms with Gasteiger partial charge in [-0.15, -0.1) is 0 Å². The number of carbonyl (C=O) groups excluding carboxylic acids is 2. The Morgan fingerprint density at radius 1 is 1.07 bits per heavy atom. The van der Waals surface area contributed by atoms with E-state index >= 15 is 0 Å². The van der Waals surface area contributed by atoms with Gasteiger partial charge in [0.25, 0.3) is 0 Å². The molecule has 2 bridgehead atoms. The molecule has 2 aromatic rings. The average Bonchev–Trinajstić information content (AvgIpc) is 3.43. The second kappa shape index (κ2) is 7.31. The number of allylic oxidation sites excluding steroid dienone is 2. The fourth-order valence-electron chi connectivity index (χ4n) is 4.14. The predicted molar refractivity (Wildman–Crippen MR) is 99.9 cm³/mol. The summed E-state index contributed by atoms with van der Waals surface area (Å²) in [6.07, 6.45) is 6.56. The normalized spacial score (nSPS) is 25.4. The molecule has 0 radical (unpaired) electrons. The van der Waals surface area contributed by atoms with E-state index in [1.807, 2.05) is 6.07 Å². The fourth-order valence-corrected chi connectivity index (χ4v) is 4.14. The van der Waals surface area contributed by atoms with Crippen LogP contribution in [-0.4, -0.2) is 18.9 Å². The summed E-state index contributed by atoms with van der Waals surface area (Å²) < 4.78 is 10.4. The zero-order valence-corrected chi connectivity index (χ0v) is 15.1. The number of nitrogens with one attached hydrogen (secondary N) is 2. The molecule has 140 valence electrons. The molecule has 4 rings (SSSR count). The predicted octanol–water partition coefficient (Wildman–Crippen LogP) is 2.98. The van der Waals surface area contributed by atoms with Crippen molar-refractivity contribution < 1.29 is 18.7 Å². The molecule has 1 aromatic carbocycles. The lowest BCUT2D eigenvalue weighted by Gasteiger charge is -2.26. The SMILES string of the molecule is COc1ccc(NC(=O)[C@@H]2[C@@H](C(=O)NCc3ccco3)[C@@H]3C=C[C@@H]2C3)cc1. The largest absolute Gasteiger partial charge is 0.497 e. The zero-order valence-electron chi connectivity index (χ0n) is 15.1. The van der Waals surface area contributed by atoms with Gasteiger partial charge < -0.3 is 19.8 Å². The highest BCUT2D eigenvalue weighted by atomic mass is 16.5. The van der Waals surface area contributed by atoms with E-state index in [1.165, 1.54) is 0 Å². The molecule has 1 aromatic heterocycles. The molecule has 2 amide bonds. The van der Waals surface area contributed by atoms with E-state index in [0.29, 0.717) is 18.0 Å². The van der Waals surface area contributed by atoms with Crippen LogP contribution < -0.4 is 15.4 Å². The Hall–Kier alpha value is -3.02. The van der Waals surface area contributed by atoms with Crippen LogP contribution in [0.3, 0.4) is 0 Å². The maximum absolute atomic E-state index is 12.9. The van der Waals surface area contributed by atoms with Gasteiger partial charge in [0.2, 0.25) is 11.8 Å². The standard InChI is InChI=1S/C21H22N2O4/c1-26-16-8-6-15(7-9-16)23-21(25)19-14-5-4-13(11-14)18(19)20(24)22-12-17-3-2-10-27-17/h2-10,13-14,18-19H,11-12H2,1H3,(H,22,24)(H,23,25)/t13-,14-,18+,19+/m1/s1. The number of fused-ring (bicyclic) bond motifs is 2. The van der Waals surface area contributed by atoms with Crippen molar-refractivity contribution in [2.75, 3.05) is 12.4 Å². The summed E-state index contributed by atoms with van der Waals surface area (Å²) in [4.78, 5) is 25.7. The molecule has 1 heterocycles. The first-order valence-corrected chi connectivity index (χ1v) is 9.09. The van der Waals surface area contributed by atoms with E-state index < -0.39 is 0 Å². The quantitative estimate of drug-likeness (QED) is 0.770. The maximum Gasteiger partial charge on any atom is 0.228 e. The molecule has 0 aliphatic heterocycles. The second-order valence-corrected chi connectivity index (χ2v) is 7.01. The monoisotopic (exact) mass is 366 g/mol. The van der Waals surface area contributed by atoms with Crippen LogP contribution in [0.25, 0.3) is 0 Å². The Bertz CT molecular complexity index is 842. The van der Waals surface area contributed by atoms with E-state index in [9.17, 15) is 9.59 Å². The summed E-state index contributed by atoms with van der Waals surface area (Å²) in [7, 11) is 1.60. The van der Waals surface area contributed by atoms with Crippen LogP contribution in [0.1, 0.15) is 12.2 Å². The van der Waals surface area contributed by atoms with Crippen LogP contribution in [0, 0.1) is 23.7 Å². The Morgan fingerprint density at radius 3 is 2.41 bits per heavy atom. The molecule has 2 N–H and O–H groups in total. The number of ether oxygens (including phenoxy) is 1. The lowest BCUT2D eigenvalue weighted by molar-refractivity contribution is -0.133. The Kier molecular flexibility index (Phi) is 4.71. The summed E-state index contributed by atoms with van der Waals surface area (Å²) in [6.45, 7) is 0.330. The zero-order chi connectivity index (χ0) is 18.8. The van der Waals surface area contributed by atoms with Crippen LogP contribution in [-0.2, 0) is 16.1 Å². The third kappa shape index (κ3) is 3.47. The van der Waals surface area contributed by atoms with Crippen molar-refractivity contribution in [3.8, 4) is 5.75 Å². The van der Waals surface area contributed by atoms with Crippen LogP contribution in [0.4, 0.5) is 5.69 Å². The number of methoxy groups -OCH3 is 1.